The van der Waals surface area contributed by atoms with E-state index in [0.717, 1.165) is 11.3 Å². The van der Waals surface area contributed by atoms with Gasteiger partial charge in [-0.3, -0.25) is 0 Å². The van der Waals surface area contributed by atoms with Crippen LogP contribution >= 0.6 is 0 Å². The van der Waals surface area contributed by atoms with Crippen molar-refractivity contribution in [2.75, 3.05) is 40.2 Å². The number of likely N-dealkylation sites (N-methyl/N-ethyl adjacent to an activating group) is 1. The molecular weight excluding hydrogens is 320 g/mol. The summed E-state index contributed by atoms with van der Waals surface area (Å²) in [7, 11) is 7.12. The maximum atomic E-state index is 12.1. The lowest BCUT2D eigenvalue weighted by molar-refractivity contribution is 0.243. The molecule has 1 aromatic carbocycles. The summed E-state index contributed by atoms with van der Waals surface area (Å²) < 4.78 is 10.3. The molecule has 0 radical (unpaired) electrons. The standard InChI is InChI=1S/C18H24N4O3/c1-22(2)16(13-6-5-7-15(10-13)24-3)12-20-18(23)21-14-8-9-17(25-4)19-11-14/h5-11,16H,12H2,1-4H3,(H2,20,21,23)/t16-/m1/s1. The summed E-state index contributed by atoms with van der Waals surface area (Å²) in [5, 5.41) is 5.64. The predicted octanol–water partition coefficient (Wildman–Crippen LogP) is 2.52. The predicted molar refractivity (Wildman–Crippen MR) is 97.2 cm³/mol. The molecule has 1 heterocycles. The van der Waals surface area contributed by atoms with Gasteiger partial charge in [-0.2, -0.15) is 0 Å². The van der Waals surface area contributed by atoms with E-state index in [1.807, 2.05) is 43.3 Å². The van der Waals surface area contributed by atoms with Gasteiger partial charge in [0.1, 0.15) is 5.75 Å². The Morgan fingerprint density at radius 3 is 2.60 bits per heavy atom. The third kappa shape index (κ3) is 5.36. The van der Waals surface area contributed by atoms with Crippen molar-refractivity contribution < 1.29 is 14.3 Å². The molecule has 0 saturated heterocycles. The number of aromatic nitrogens is 1. The second-order valence-corrected chi connectivity index (χ2v) is 5.68. The van der Waals surface area contributed by atoms with Crippen LogP contribution in [0.5, 0.6) is 11.6 Å². The molecule has 0 aliphatic rings. The minimum absolute atomic E-state index is 0.0230. The monoisotopic (exact) mass is 344 g/mol. The number of urea groups is 1. The first-order valence-corrected chi connectivity index (χ1v) is 7.88. The van der Waals surface area contributed by atoms with E-state index in [-0.39, 0.29) is 12.1 Å². The van der Waals surface area contributed by atoms with Crippen molar-refractivity contribution in [2.45, 2.75) is 6.04 Å². The molecule has 7 nitrogen and oxygen atoms in total. The average Bonchev–Trinajstić information content (AvgIpc) is 2.62. The Morgan fingerprint density at radius 2 is 2.00 bits per heavy atom. The summed E-state index contributed by atoms with van der Waals surface area (Å²) >= 11 is 0. The number of methoxy groups -OCH3 is 2. The molecule has 25 heavy (non-hydrogen) atoms. The summed E-state index contributed by atoms with van der Waals surface area (Å²) in [6.45, 7) is 0.454. The van der Waals surface area contributed by atoms with Gasteiger partial charge in [-0.1, -0.05) is 12.1 Å². The third-order valence-electron chi connectivity index (χ3n) is 3.76. The van der Waals surface area contributed by atoms with Crippen LogP contribution < -0.4 is 20.1 Å². The van der Waals surface area contributed by atoms with Crippen molar-refractivity contribution in [1.82, 2.24) is 15.2 Å². The Morgan fingerprint density at radius 1 is 1.20 bits per heavy atom. The number of carbonyl (C=O) groups is 1. The molecule has 0 aliphatic carbocycles. The highest BCUT2D eigenvalue weighted by Gasteiger charge is 2.16. The zero-order chi connectivity index (χ0) is 18.2. The van der Waals surface area contributed by atoms with E-state index in [1.54, 1.807) is 32.5 Å². The number of nitrogens with zero attached hydrogens (tertiary/aromatic N) is 2. The molecular formula is C18H24N4O3. The zero-order valence-corrected chi connectivity index (χ0v) is 14.9. The molecule has 1 atom stereocenters. The van der Waals surface area contributed by atoms with Gasteiger partial charge in [0.05, 0.1) is 32.1 Å². The van der Waals surface area contributed by atoms with Crippen LogP contribution in [0.4, 0.5) is 10.5 Å². The van der Waals surface area contributed by atoms with Gasteiger partial charge in [-0.25, -0.2) is 9.78 Å². The molecule has 0 spiro atoms. The summed E-state index contributed by atoms with van der Waals surface area (Å²) in [5.74, 6) is 1.29. The lowest BCUT2D eigenvalue weighted by Crippen LogP contribution is -2.36. The van der Waals surface area contributed by atoms with Crippen molar-refractivity contribution in [3.63, 3.8) is 0 Å². The third-order valence-corrected chi connectivity index (χ3v) is 3.76. The topological polar surface area (TPSA) is 75.7 Å². The van der Waals surface area contributed by atoms with Gasteiger partial charge < -0.3 is 25.0 Å². The molecule has 0 fully saturated rings. The Labute approximate surface area is 148 Å². The molecule has 134 valence electrons. The van der Waals surface area contributed by atoms with Crippen molar-refractivity contribution >= 4 is 11.7 Å². The fourth-order valence-corrected chi connectivity index (χ4v) is 2.39. The van der Waals surface area contributed by atoms with Crippen molar-refractivity contribution in [1.29, 1.82) is 0 Å². The van der Waals surface area contributed by atoms with Crippen LogP contribution in [0.25, 0.3) is 0 Å². The van der Waals surface area contributed by atoms with Crippen molar-refractivity contribution in [2.24, 2.45) is 0 Å². The average molecular weight is 344 g/mol. The molecule has 1 aromatic heterocycles. The highest BCUT2D eigenvalue weighted by Crippen LogP contribution is 2.22. The number of nitrogens with one attached hydrogen (secondary N) is 2. The first-order valence-electron chi connectivity index (χ1n) is 7.88. The molecule has 2 N–H and O–H groups in total. The number of benzene rings is 1. The van der Waals surface area contributed by atoms with Crippen molar-refractivity contribution in [3.05, 3.63) is 48.2 Å². The summed E-state index contributed by atoms with van der Waals surface area (Å²) in [5.41, 5.74) is 1.66. The number of pyridine rings is 1. The van der Waals surface area contributed by atoms with Crippen molar-refractivity contribution in [3.8, 4) is 11.6 Å². The minimum atomic E-state index is -0.290. The lowest BCUT2D eigenvalue weighted by Gasteiger charge is -2.25. The number of amides is 2. The number of rotatable bonds is 7. The highest BCUT2D eigenvalue weighted by atomic mass is 16.5. The van der Waals surface area contributed by atoms with Gasteiger partial charge in [0.15, 0.2) is 0 Å². The van der Waals surface area contributed by atoms with Gasteiger partial charge >= 0.3 is 6.03 Å². The summed E-state index contributed by atoms with van der Waals surface area (Å²) in [4.78, 5) is 18.2. The first-order chi connectivity index (χ1) is 12.0. The van der Waals surface area contributed by atoms with Crippen LogP contribution in [0, 0.1) is 0 Å². The molecule has 7 heteroatoms. The maximum Gasteiger partial charge on any atom is 0.319 e. The van der Waals surface area contributed by atoms with Crippen LogP contribution in [0.15, 0.2) is 42.6 Å². The lowest BCUT2D eigenvalue weighted by atomic mass is 10.1. The van der Waals surface area contributed by atoms with Gasteiger partial charge in [-0.05, 0) is 37.9 Å². The van der Waals surface area contributed by atoms with E-state index in [9.17, 15) is 4.79 Å². The fraction of sp³-hybridized carbons (Fsp3) is 0.333. The van der Waals surface area contributed by atoms with E-state index in [0.29, 0.717) is 18.1 Å². The van der Waals surface area contributed by atoms with Crippen LogP contribution in [0.1, 0.15) is 11.6 Å². The summed E-state index contributed by atoms with van der Waals surface area (Å²) in [6.07, 6.45) is 1.55. The van der Waals surface area contributed by atoms with Gasteiger partial charge in [0.25, 0.3) is 0 Å². The second-order valence-electron chi connectivity index (χ2n) is 5.68. The Balaban J connectivity index is 1.96. The maximum absolute atomic E-state index is 12.1. The van der Waals surface area contributed by atoms with Crippen LogP contribution in [-0.2, 0) is 0 Å². The normalized spacial score (nSPS) is 11.7. The van der Waals surface area contributed by atoms with Gasteiger partial charge in [0, 0.05) is 12.6 Å². The molecule has 0 saturated carbocycles. The molecule has 0 aliphatic heterocycles. The number of ether oxygens (including phenoxy) is 2. The molecule has 2 aromatic rings. The van der Waals surface area contributed by atoms with Crippen LogP contribution in [0.2, 0.25) is 0 Å². The number of hydrogen-bond acceptors (Lipinski definition) is 5. The zero-order valence-electron chi connectivity index (χ0n) is 14.9. The minimum Gasteiger partial charge on any atom is -0.497 e. The summed E-state index contributed by atoms with van der Waals surface area (Å²) in [6, 6.07) is 11.0. The van der Waals surface area contributed by atoms with E-state index in [1.165, 1.54) is 0 Å². The fourth-order valence-electron chi connectivity index (χ4n) is 2.39. The van der Waals surface area contributed by atoms with E-state index < -0.39 is 0 Å². The Hall–Kier alpha value is -2.80. The molecule has 0 unspecified atom stereocenters. The highest BCUT2D eigenvalue weighted by molar-refractivity contribution is 5.89. The van der Waals surface area contributed by atoms with E-state index in [4.69, 9.17) is 9.47 Å². The van der Waals surface area contributed by atoms with E-state index in [2.05, 4.69) is 15.6 Å². The smallest absolute Gasteiger partial charge is 0.319 e. The van der Waals surface area contributed by atoms with Crippen LogP contribution in [-0.4, -0.2) is 50.8 Å². The number of carbonyl (C=O) groups excluding carboxylic acids is 1. The van der Waals surface area contributed by atoms with Gasteiger partial charge in [-0.15, -0.1) is 0 Å². The largest absolute Gasteiger partial charge is 0.497 e. The van der Waals surface area contributed by atoms with Crippen LogP contribution in [0.3, 0.4) is 0 Å². The SMILES string of the molecule is COc1cccc([C@@H](CNC(=O)Nc2ccc(OC)nc2)N(C)C)c1. The quantitative estimate of drug-likeness (QED) is 0.807. The molecule has 0 bridgehead atoms. The Kier molecular flexibility index (Phi) is 6.59. The number of anilines is 1. The second kappa shape index (κ2) is 8.89. The first kappa shape index (κ1) is 18.5. The van der Waals surface area contributed by atoms with E-state index >= 15 is 0 Å². The number of hydrogen-bond donors (Lipinski definition) is 2. The molecule has 2 amide bonds. The Bertz CT molecular complexity index is 689. The molecule has 2 rings (SSSR count). The van der Waals surface area contributed by atoms with Gasteiger partial charge in [0.2, 0.25) is 5.88 Å².